The van der Waals surface area contributed by atoms with Gasteiger partial charge >= 0.3 is 0 Å². The fraction of sp³-hybridized carbons (Fsp3) is 0.263. The molecule has 1 heterocycles. The van der Waals surface area contributed by atoms with E-state index in [1.54, 1.807) is 49.6 Å². The molecule has 1 aliphatic rings. The third-order valence-electron chi connectivity index (χ3n) is 4.14. The summed E-state index contributed by atoms with van der Waals surface area (Å²) in [5.41, 5.74) is 1.14. The monoisotopic (exact) mass is 338 g/mol. The number of rotatable bonds is 6. The zero-order chi connectivity index (χ0) is 17.8. The van der Waals surface area contributed by atoms with E-state index in [-0.39, 0.29) is 12.5 Å². The number of nitrogens with zero attached hydrogens (tertiary/aromatic N) is 2. The second-order valence-corrected chi connectivity index (χ2v) is 5.48. The molecule has 1 amide bonds. The SMILES string of the molecule is COc1ccc(OCCN2C(=O)c3c(OC)cccc3C2C#N)cc1. The summed E-state index contributed by atoms with van der Waals surface area (Å²) in [5, 5.41) is 9.50. The van der Waals surface area contributed by atoms with Gasteiger partial charge in [0.2, 0.25) is 0 Å². The molecule has 25 heavy (non-hydrogen) atoms. The first-order valence-electron chi connectivity index (χ1n) is 7.84. The average molecular weight is 338 g/mol. The molecular formula is C19H18N2O4. The normalized spacial score (nSPS) is 15.5. The highest BCUT2D eigenvalue weighted by Gasteiger charge is 2.38. The van der Waals surface area contributed by atoms with Gasteiger partial charge in [0.25, 0.3) is 5.91 Å². The van der Waals surface area contributed by atoms with Crippen molar-refractivity contribution < 1.29 is 19.0 Å². The molecule has 1 atom stereocenters. The molecule has 0 fully saturated rings. The Bertz CT molecular complexity index is 811. The predicted octanol–water partition coefficient (Wildman–Crippen LogP) is 2.80. The molecule has 0 bridgehead atoms. The molecule has 2 aromatic rings. The predicted molar refractivity (Wildman–Crippen MR) is 90.9 cm³/mol. The Morgan fingerprint density at radius 3 is 2.44 bits per heavy atom. The van der Waals surface area contributed by atoms with E-state index in [4.69, 9.17) is 14.2 Å². The van der Waals surface area contributed by atoms with E-state index in [1.165, 1.54) is 12.0 Å². The van der Waals surface area contributed by atoms with E-state index in [0.717, 1.165) is 5.75 Å². The number of carbonyl (C=O) groups excluding carboxylic acids is 1. The third kappa shape index (κ3) is 3.09. The average Bonchev–Trinajstić information content (AvgIpc) is 2.94. The lowest BCUT2D eigenvalue weighted by Crippen LogP contribution is -2.31. The summed E-state index contributed by atoms with van der Waals surface area (Å²) < 4.78 is 16.0. The van der Waals surface area contributed by atoms with Crippen LogP contribution in [0.2, 0.25) is 0 Å². The number of amides is 1. The van der Waals surface area contributed by atoms with Gasteiger partial charge in [0.1, 0.15) is 29.9 Å². The van der Waals surface area contributed by atoms with Gasteiger partial charge in [0.15, 0.2) is 0 Å². The quantitative estimate of drug-likeness (QED) is 0.810. The zero-order valence-electron chi connectivity index (χ0n) is 14.1. The Morgan fingerprint density at radius 2 is 1.80 bits per heavy atom. The topological polar surface area (TPSA) is 71.8 Å². The van der Waals surface area contributed by atoms with E-state index >= 15 is 0 Å². The first kappa shape index (κ1) is 16.7. The zero-order valence-corrected chi connectivity index (χ0v) is 14.1. The van der Waals surface area contributed by atoms with E-state index in [0.29, 0.717) is 29.2 Å². The Labute approximate surface area is 146 Å². The van der Waals surface area contributed by atoms with Crippen LogP contribution in [0.3, 0.4) is 0 Å². The summed E-state index contributed by atoms with van der Waals surface area (Å²) in [6, 6.07) is 14.1. The van der Waals surface area contributed by atoms with Crippen molar-refractivity contribution in [1.82, 2.24) is 4.90 Å². The number of methoxy groups -OCH3 is 2. The molecule has 2 aromatic carbocycles. The summed E-state index contributed by atoms with van der Waals surface area (Å²) in [6.45, 7) is 0.591. The number of carbonyl (C=O) groups is 1. The van der Waals surface area contributed by atoms with Crippen molar-refractivity contribution >= 4 is 5.91 Å². The van der Waals surface area contributed by atoms with Gasteiger partial charge in [-0.15, -0.1) is 0 Å². The maximum Gasteiger partial charge on any atom is 0.259 e. The van der Waals surface area contributed by atoms with Crippen molar-refractivity contribution in [2.24, 2.45) is 0 Å². The van der Waals surface area contributed by atoms with Crippen LogP contribution in [-0.2, 0) is 0 Å². The molecule has 0 radical (unpaired) electrons. The lowest BCUT2D eigenvalue weighted by Gasteiger charge is -2.20. The van der Waals surface area contributed by atoms with Crippen LogP contribution < -0.4 is 14.2 Å². The van der Waals surface area contributed by atoms with Crippen LogP contribution in [-0.4, -0.2) is 38.2 Å². The lowest BCUT2D eigenvalue weighted by molar-refractivity contribution is 0.0728. The van der Waals surface area contributed by atoms with Gasteiger partial charge in [0, 0.05) is 5.56 Å². The Morgan fingerprint density at radius 1 is 1.08 bits per heavy atom. The van der Waals surface area contributed by atoms with Crippen molar-refractivity contribution in [1.29, 1.82) is 5.26 Å². The number of nitriles is 1. The van der Waals surface area contributed by atoms with Crippen molar-refractivity contribution in [2.75, 3.05) is 27.4 Å². The smallest absolute Gasteiger partial charge is 0.259 e. The first-order chi connectivity index (χ1) is 12.2. The highest BCUT2D eigenvalue weighted by Crippen LogP contribution is 2.37. The molecule has 1 unspecified atom stereocenters. The standard InChI is InChI=1S/C19H18N2O4/c1-23-13-6-8-14(9-7-13)25-11-10-21-16(12-20)15-4-3-5-17(24-2)18(15)19(21)22/h3-9,16H,10-11H2,1-2H3. The number of ether oxygens (including phenoxy) is 3. The highest BCUT2D eigenvalue weighted by molar-refractivity contribution is 6.02. The number of benzene rings is 2. The van der Waals surface area contributed by atoms with Crippen molar-refractivity contribution in [3.8, 4) is 23.3 Å². The molecule has 128 valence electrons. The maximum absolute atomic E-state index is 12.7. The second kappa shape index (κ2) is 7.14. The van der Waals surface area contributed by atoms with E-state index in [1.807, 2.05) is 0 Å². The molecule has 0 aromatic heterocycles. The summed E-state index contributed by atoms with van der Waals surface area (Å²) in [7, 11) is 3.11. The van der Waals surface area contributed by atoms with Crippen molar-refractivity contribution in [3.05, 3.63) is 53.6 Å². The van der Waals surface area contributed by atoms with Gasteiger partial charge in [-0.3, -0.25) is 4.79 Å². The third-order valence-corrected chi connectivity index (χ3v) is 4.14. The molecule has 1 aliphatic heterocycles. The summed E-state index contributed by atoms with van der Waals surface area (Å²) in [6.07, 6.45) is 0. The minimum atomic E-state index is -0.628. The van der Waals surface area contributed by atoms with Crippen LogP contribution in [0.4, 0.5) is 0 Å². The Kier molecular flexibility index (Phi) is 4.75. The summed E-state index contributed by atoms with van der Waals surface area (Å²) >= 11 is 0. The first-order valence-corrected chi connectivity index (χ1v) is 7.84. The molecule has 0 aliphatic carbocycles. The van der Waals surface area contributed by atoms with Crippen molar-refractivity contribution in [3.63, 3.8) is 0 Å². The number of hydrogen-bond acceptors (Lipinski definition) is 5. The van der Waals surface area contributed by atoms with Crippen LogP contribution in [0.1, 0.15) is 22.0 Å². The molecule has 0 saturated heterocycles. The Balaban J connectivity index is 1.70. The number of fused-ring (bicyclic) bond motifs is 1. The molecular weight excluding hydrogens is 320 g/mol. The van der Waals surface area contributed by atoms with Gasteiger partial charge in [-0.1, -0.05) is 12.1 Å². The summed E-state index contributed by atoms with van der Waals surface area (Å²) in [5.74, 6) is 1.70. The van der Waals surface area contributed by atoms with Gasteiger partial charge in [-0.05, 0) is 30.3 Å². The summed E-state index contributed by atoms with van der Waals surface area (Å²) in [4.78, 5) is 14.2. The lowest BCUT2D eigenvalue weighted by atomic mass is 10.0. The minimum Gasteiger partial charge on any atom is -0.497 e. The van der Waals surface area contributed by atoms with Crippen LogP contribution >= 0.6 is 0 Å². The van der Waals surface area contributed by atoms with Gasteiger partial charge < -0.3 is 19.1 Å². The highest BCUT2D eigenvalue weighted by atomic mass is 16.5. The van der Waals surface area contributed by atoms with Crippen molar-refractivity contribution in [2.45, 2.75) is 6.04 Å². The van der Waals surface area contributed by atoms with Gasteiger partial charge in [0.05, 0.1) is 32.4 Å². The number of hydrogen-bond donors (Lipinski definition) is 0. The molecule has 3 rings (SSSR count). The fourth-order valence-electron chi connectivity index (χ4n) is 2.91. The van der Waals surface area contributed by atoms with Gasteiger partial charge in [-0.2, -0.15) is 5.26 Å². The van der Waals surface area contributed by atoms with Crippen LogP contribution in [0.15, 0.2) is 42.5 Å². The Hall–Kier alpha value is -3.20. The van der Waals surface area contributed by atoms with Crippen LogP contribution in [0.5, 0.6) is 17.2 Å². The molecule has 0 saturated carbocycles. The van der Waals surface area contributed by atoms with Gasteiger partial charge in [-0.25, -0.2) is 0 Å². The molecule has 6 heteroatoms. The molecule has 6 nitrogen and oxygen atoms in total. The second-order valence-electron chi connectivity index (χ2n) is 5.48. The van der Waals surface area contributed by atoms with E-state index in [9.17, 15) is 10.1 Å². The van der Waals surface area contributed by atoms with Crippen LogP contribution in [0.25, 0.3) is 0 Å². The van der Waals surface area contributed by atoms with E-state index < -0.39 is 6.04 Å². The molecule has 0 spiro atoms. The fourth-order valence-corrected chi connectivity index (χ4v) is 2.91. The van der Waals surface area contributed by atoms with E-state index in [2.05, 4.69) is 6.07 Å². The largest absolute Gasteiger partial charge is 0.497 e. The van der Waals surface area contributed by atoms with Crippen LogP contribution in [0, 0.1) is 11.3 Å². The maximum atomic E-state index is 12.7. The molecule has 0 N–H and O–H groups in total. The minimum absolute atomic E-state index is 0.211.